The number of benzene rings is 1. The fraction of sp³-hybridized carbons (Fsp3) is 0.556. The Morgan fingerprint density at radius 3 is 3.12 bits per heavy atom. The summed E-state index contributed by atoms with van der Waals surface area (Å²) in [5.74, 6) is 1.06. The minimum absolute atomic E-state index is 0.0142. The van der Waals surface area contributed by atoms with Crippen LogP contribution < -0.4 is 5.32 Å². The molecule has 2 aromatic rings. The van der Waals surface area contributed by atoms with Crippen molar-refractivity contribution in [1.29, 1.82) is 0 Å². The van der Waals surface area contributed by atoms with Crippen molar-refractivity contribution in [1.82, 2.24) is 14.9 Å². The summed E-state index contributed by atoms with van der Waals surface area (Å²) in [6.07, 6.45) is 3.23. The zero-order valence-corrected chi connectivity index (χ0v) is 14.2. The first-order valence-electron chi connectivity index (χ1n) is 8.62. The predicted molar refractivity (Wildman–Crippen MR) is 91.9 cm³/mol. The number of carbonyl (C=O) groups excluding carboxylic acids is 1. The molecule has 1 N–H and O–H groups in total. The summed E-state index contributed by atoms with van der Waals surface area (Å²) in [4.78, 5) is 16.7. The van der Waals surface area contributed by atoms with Crippen LogP contribution in [0.5, 0.6) is 0 Å². The average Bonchev–Trinajstić information content (AvgIpc) is 3.24. The highest BCUT2D eigenvalue weighted by Gasteiger charge is 2.22. The lowest BCUT2D eigenvalue weighted by Crippen LogP contribution is -2.34. The molecule has 1 aromatic carbocycles. The maximum Gasteiger partial charge on any atom is 0.249 e. The number of nitrogens with zero attached hydrogens (tertiary/aromatic N) is 2. The molecule has 2 heterocycles. The summed E-state index contributed by atoms with van der Waals surface area (Å²) in [6.45, 7) is 2.78. The Bertz CT molecular complexity index is 677. The lowest BCUT2D eigenvalue weighted by Gasteiger charge is -2.11. The minimum Gasteiger partial charge on any atom is -0.383 e. The highest BCUT2D eigenvalue weighted by molar-refractivity contribution is 5.80. The molecule has 1 unspecified atom stereocenters. The van der Waals surface area contributed by atoms with E-state index < -0.39 is 0 Å². The van der Waals surface area contributed by atoms with E-state index in [1.807, 2.05) is 18.2 Å². The number of nitrogens with one attached hydrogen (secondary N) is 1. The predicted octanol–water partition coefficient (Wildman–Crippen LogP) is 1.91. The molecule has 3 rings (SSSR count). The number of carbonyl (C=O) groups is 1. The molecular formula is C18H25N3O3. The van der Waals surface area contributed by atoms with Crippen molar-refractivity contribution >= 4 is 16.9 Å². The second-order valence-corrected chi connectivity index (χ2v) is 6.06. The first-order valence-corrected chi connectivity index (χ1v) is 8.62. The number of para-hydroxylation sites is 2. The van der Waals surface area contributed by atoms with Gasteiger partial charge in [0.05, 0.1) is 17.6 Å². The van der Waals surface area contributed by atoms with E-state index in [2.05, 4.69) is 16.0 Å². The van der Waals surface area contributed by atoms with E-state index in [1.54, 1.807) is 7.11 Å². The second-order valence-electron chi connectivity index (χ2n) is 6.06. The van der Waals surface area contributed by atoms with Gasteiger partial charge in [-0.3, -0.25) is 4.79 Å². The molecule has 1 saturated heterocycles. The van der Waals surface area contributed by atoms with E-state index in [0.717, 1.165) is 49.1 Å². The maximum absolute atomic E-state index is 11.9. The van der Waals surface area contributed by atoms with Crippen LogP contribution in [0.3, 0.4) is 0 Å². The van der Waals surface area contributed by atoms with Crippen molar-refractivity contribution in [3.8, 4) is 0 Å². The van der Waals surface area contributed by atoms with Crippen LogP contribution in [0.2, 0.25) is 0 Å². The monoisotopic (exact) mass is 331 g/mol. The van der Waals surface area contributed by atoms with Crippen LogP contribution >= 0.6 is 0 Å². The third-order valence-electron chi connectivity index (χ3n) is 4.35. The van der Waals surface area contributed by atoms with Gasteiger partial charge in [0, 0.05) is 33.2 Å². The van der Waals surface area contributed by atoms with E-state index in [0.29, 0.717) is 19.8 Å². The Morgan fingerprint density at radius 2 is 2.33 bits per heavy atom. The van der Waals surface area contributed by atoms with Gasteiger partial charge in [0.15, 0.2) is 0 Å². The van der Waals surface area contributed by atoms with Gasteiger partial charge in [-0.2, -0.15) is 0 Å². The summed E-state index contributed by atoms with van der Waals surface area (Å²) < 4.78 is 12.8. The first-order chi connectivity index (χ1) is 11.8. The topological polar surface area (TPSA) is 65.4 Å². The van der Waals surface area contributed by atoms with Crippen molar-refractivity contribution in [3.63, 3.8) is 0 Å². The Hall–Kier alpha value is -1.92. The van der Waals surface area contributed by atoms with Crippen LogP contribution in [0, 0.1) is 0 Å². The van der Waals surface area contributed by atoms with Crippen molar-refractivity contribution in [2.24, 2.45) is 0 Å². The van der Waals surface area contributed by atoms with Gasteiger partial charge in [-0.25, -0.2) is 4.98 Å². The number of fused-ring (bicyclic) bond motifs is 1. The van der Waals surface area contributed by atoms with Crippen LogP contribution in [0.4, 0.5) is 0 Å². The fourth-order valence-electron chi connectivity index (χ4n) is 3.10. The number of amides is 1. The Balaban J connectivity index is 1.56. The molecule has 6 heteroatoms. The Kier molecular flexibility index (Phi) is 5.82. The van der Waals surface area contributed by atoms with Gasteiger partial charge in [-0.1, -0.05) is 12.1 Å². The van der Waals surface area contributed by atoms with E-state index in [-0.39, 0.29) is 12.0 Å². The molecule has 0 bridgehead atoms. The number of hydrogen-bond acceptors (Lipinski definition) is 4. The molecule has 0 aliphatic carbocycles. The number of aryl methyl sites for hydroxylation is 1. The zero-order valence-electron chi connectivity index (χ0n) is 14.2. The molecular weight excluding hydrogens is 306 g/mol. The molecule has 0 saturated carbocycles. The van der Waals surface area contributed by atoms with Gasteiger partial charge in [0.2, 0.25) is 5.91 Å². The molecule has 1 aromatic heterocycles. The third-order valence-corrected chi connectivity index (χ3v) is 4.35. The largest absolute Gasteiger partial charge is 0.383 e. The van der Waals surface area contributed by atoms with Crippen LogP contribution in [0.1, 0.15) is 25.1 Å². The minimum atomic E-state index is -0.253. The molecule has 1 atom stereocenters. The summed E-state index contributed by atoms with van der Waals surface area (Å²) in [5.41, 5.74) is 2.14. The van der Waals surface area contributed by atoms with Crippen molar-refractivity contribution in [3.05, 3.63) is 30.1 Å². The summed E-state index contributed by atoms with van der Waals surface area (Å²) in [6, 6.07) is 8.14. The lowest BCUT2D eigenvalue weighted by atomic mass is 10.2. The number of ether oxygens (including phenoxy) is 2. The standard InChI is InChI=1S/C18H25N3O3/c1-23-13-11-21-15-7-3-2-6-14(15)20-17(21)9-4-10-19-18(22)16-8-5-12-24-16/h2-3,6-7,16H,4-5,8-13H2,1H3,(H,19,22). The maximum atomic E-state index is 11.9. The van der Waals surface area contributed by atoms with Crippen molar-refractivity contribution < 1.29 is 14.3 Å². The van der Waals surface area contributed by atoms with E-state index >= 15 is 0 Å². The van der Waals surface area contributed by atoms with Gasteiger partial charge < -0.3 is 19.4 Å². The van der Waals surface area contributed by atoms with Gasteiger partial charge in [0.25, 0.3) is 0 Å². The SMILES string of the molecule is COCCn1c(CCCNC(=O)C2CCCO2)nc2ccccc21. The van der Waals surface area contributed by atoms with Gasteiger partial charge >= 0.3 is 0 Å². The molecule has 0 radical (unpaired) electrons. The zero-order chi connectivity index (χ0) is 16.8. The molecule has 130 valence electrons. The van der Waals surface area contributed by atoms with E-state index in [4.69, 9.17) is 14.5 Å². The van der Waals surface area contributed by atoms with Gasteiger partial charge in [-0.05, 0) is 31.4 Å². The second kappa shape index (κ2) is 8.26. The number of methoxy groups -OCH3 is 1. The van der Waals surface area contributed by atoms with Crippen LogP contribution in [-0.2, 0) is 27.2 Å². The summed E-state index contributed by atoms with van der Waals surface area (Å²) in [7, 11) is 1.71. The third kappa shape index (κ3) is 3.94. The first kappa shape index (κ1) is 16.9. The van der Waals surface area contributed by atoms with E-state index in [9.17, 15) is 4.79 Å². The number of aromatic nitrogens is 2. The number of imidazole rings is 1. The molecule has 6 nitrogen and oxygen atoms in total. The smallest absolute Gasteiger partial charge is 0.249 e. The average molecular weight is 331 g/mol. The van der Waals surface area contributed by atoms with Crippen molar-refractivity contribution in [2.75, 3.05) is 26.9 Å². The highest BCUT2D eigenvalue weighted by Crippen LogP contribution is 2.17. The molecule has 0 spiro atoms. The Labute approximate surface area is 142 Å². The van der Waals surface area contributed by atoms with Crippen LogP contribution in [-0.4, -0.2) is 48.4 Å². The van der Waals surface area contributed by atoms with Gasteiger partial charge in [0.1, 0.15) is 11.9 Å². The quantitative estimate of drug-likeness (QED) is 0.751. The highest BCUT2D eigenvalue weighted by atomic mass is 16.5. The van der Waals surface area contributed by atoms with Crippen molar-refractivity contribution in [2.45, 2.75) is 38.3 Å². The molecule has 1 amide bonds. The number of rotatable bonds is 8. The Morgan fingerprint density at radius 1 is 1.46 bits per heavy atom. The molecule has 24 heavy (non-hydrogen) atoms. The van der Waals surface area contributed by atoms with Crippen LogP contribution in [0.25, 0.3) is 11.0 Å². The van der Waals surface area contributed by atoms with E-state index in [1.165, 1.54) is 0 Å². The summed E-state index contributed by atoms with van der Waals surface area (Å²) >= 11 is 0. The summed E-state index contributed by atoms with van der Waals surface area (Å²) in [5, 5.41) is 2.97. The number of hydrogen-bond donors (Lipinski definition) is 1. The molecule has 1 aliphatic heterocycles. The van der Waals surface area contributed by atoms with Crippen LogP contribution in [0.15, 0.2) is 24.3 Å². The molecule has 1 fully saturated rings. The fourth-order valence-corrected chi connectivity index (χ4v) is 3.10. The molecule has 1 aliphatic rings. The lowest BCUT2D eigenvalue weighted by molar-refractivity contribution is -0.130. The normalized spacial score (nSPS) is 17.5. The van der Waals surface area contributed by atoms with Gasteiger partial charge in [-0.15, -0.1) is 0 Å².